The molecule has 1 aromatic rings. The van der Waals surface area contributed by atoms with E-state index in [1.807, 2.05) is 6.07 Å². The Hall–Kier alpha value is -1.50. The van der Waals surface area contributed by atoms with Crippen LogP contribution in [0.15, 0.2) is 24.3 Å². The summed E-state index contributed by atoms with van der Waals surface area (Å²) in [6, 6.07) is 6.45. The fraction of sp³-hybridized carbons (Fsp3) is 0.571. The van der Waals surface area contributed by atoms with Crippen molar-refractivity contribution in [3.05, 3.63) is 39.9 Å². The highest BCUT2D eigenvalue weighted by Gasteiger charge is 2.07. The molecular weight excluding hydrogens is 260 g/mol. The minimum atomic E-state index is -0.564. The summed E-state index contributed by atoms with van der Waals surface area (Å²) in [4.78, 5) is 10.2. The van der Waals surface area contributed by atoms with Gasteiger partial charge in [0.25, 0.3) is 5.69 Å². The van der Waals surface area contributed by atoms with Gasteiger partial charge in [-0.15, -0.1) is 0 Å². The number of unbranched alkanes of at least 4 members (excludes halogenated alkanes) is 1. The number of non-ortho nitro benzene ring substituents is 1. The number of nitro benzene ring substituents is 1. The molecule has 0 saturated carbocycles. The average Bonchev–Trinajstić information content (AvgIpc) is 2.44. The van der Waals surface area contributed by atoms with Crippen LogP contribution >= 0.6 is 0 Å². The SMILES string of the molecule is CCCCOCC(O)CNCc1cccc([N+](=O)[O-])c1. The van der Waals surface area contributed by atoms with Crippen molar-refractivity contribution in [2.45, 2.75) is 32.4 Å². The van der Waals surface area contributed by atoms with Gasteiger partial charge in [-0.05, 0) is 12.0 Å². The van der Waals surface area contributed by atoms with Crippen LogP contribution in [0, 0.1) is 10.1 Å². The van der Waals surface area contributed by atoms with Gasteiger partial charge in [0, 0.05) is 31.8 Å². The third-order valence-corrected chi connectivity index (χ3v) is 2.78. The molecule has 0 fully saturated rings. The lowest BCUT2D eigenvalue weighted by atomic mass is 10.2. The summed E-state index contributed by atoms with van der Waals surface area (Å²) in [6.45, 7) is 3.93. The number of nitrogens with zero attached hydrogens (tertiary/aromatic N) is 1. The zero-order chi connectivity index (χ0) is 14.8. The molecule has 0 bridgehead atoms. The molecule has 2 N–H and O–H groups in total. The molecule has 112 valence electrons. The highest BCUT2D eigenvalue weighted by atomic mass is 16.6. The molecule has 1 atom stereocenters. The summed E-state index contributed by atoms with van der Waals surface area (Å²) in [5.74, 6) is 0. The van der Waals surface area contributed by atoms with E-state index in [0.29, 0.717) is 26.3 Å². The van der Waals surface area contributed by atoms with Crippen molar-refractivity contribution in [1.29, 1.82) is 0 Å². The van der Waals surface area contributed by atoms with Crippen LogP contribution in [0.2, 0.25) is 0 Å². The molecule has 20 heavy (non-hydrogen) atoms. The number of rotatable bonds is 10. The summed E-state index contributed by atoms with van der Waals surface area (Å²) in [7, 11) is 0. The first-order valence-electron chi connectivity index (χ1n) is 6.83. The van der Waals surface area contributed by atoms with Crippen molar-refractivity contribution >= 4 is 5.69 Å². The lowest BCUT2D eigenvalue weighted by Crippen LogP contribution is -2.30. The first-order valence-corrected chi connectivity index (χ1v) is 6.83. The first-order chi connectivity index (χ1) is 9.63. The van der Waals surface area contributed by atoms with Gasteiger partial charge >= 0.3 is 0 Å². The molecule has 1 aromatic carbocycles. The zero-order valence-electron chi connectivity index (χ0n) is 11.7. The van der Waals surface area contributed by atoms with E-state index in [1.165, 1.54) is 12.1 Å². The molecule has 6 heteroatoms. The molecule has 0 amide bonds. The van der Waals surface area contributed by atoms with Crippen molar-refractivity contribution in [2.75, 3.05) is 19.8 Å². The third-order valence-electron chi connectivity index (χ3n) is 2.78. The summed E-state index contributed by atoms with van der Waals surface area (Å²) in [6.07, 6.45) is 1.50. The smallest absolute Gasteiger partial charge is 0.269 e. The number of nitrogens with one attached hydrogen (secondary N) is 1. The lowest BCUT2D eigenvalue weighted by molar-refractivity contribution is -0.384. The maximum Gasteiger partial charge on any atom is 0.269 e. The van der Waals surface area contributed by atoms with Crippen molar-refractivity contribution < 1.29 is 14.8 Å². The second-order valence-corrected chi connectivity index (χ2v) is 4.64. The maximum absolute atomic E-state index is 10.6. The van der Waals surface area contributed by atoms with Gasteiger partial charge < -0.3 is 15.2 Å². The van der Waals surface area contributed by atoms with Crippen LogP contribution in [0.3, 0.4) is 0 Å². The van der Waals surface area contributed by atoms with Crippen LogP contribution in [0.25, 0.3) is 0 Å². The van der Waals surface area contributed by atoms with Gasteiger partial charge in [-0.1, -0.05) is 25.5 Å². The van der Waals surface area contributed by atoms with Gasteiger partial charge in [-0.25, -0.2) is 0 Å². The Labute approximate surface area is 118 Å². The Morgan fingerprint density at radius 3 is 3.00 bits per heavy atom. The topological polar surface area (TPSA) is 84.6 Å². The van der Waals surface area contributed by atoms with Gasteiger partial charge in [0.15, 0.2) is 0 Å². The maximum atomic E-state index is 10.6. The Balaban J connectivity index is 2.23. The van der Waals surface area contributed by atoms with Gasteiger partial charge in [-0.2, -0.15) is 0 Å². The fourth-order valence-corrected chi connectivity index (χ4v) is 1.69. The number of aliphatic hydroxyl groups is 1. The Morgan fingerprint density at radius 1 is 1.50 bits per heavy atom. The standard InChI is InChI=1S/C14H22N2O4/c1-2-3-7-20-11-14(17)10-15-9-12-5-4-6-13(8-12)16(18)19/h4-6,8,14-15,17H,2-3,7,9-11H2,1H3. The molecule has 0 spiro atoms. The Kier molecular flexibility index (Phi) is 7.79. The fourth-order valence-electron chi connectivity index (χ4n) is 1.69. The normalized spacial score (nSPS) is 12.3. The largest absolute Gasteiger partial charge is 0.389 e. The molecule has 0 aliphatic rings. The highest BCUT2D eigenvalue weighted by Crippen LogP contribution is 2.12. The molecular formula is C14H22N2O4. The zero-order valence-corrected chi connectivity index (χ0v) is 11.7. The van der Waals surface area contributed by atoms with E-state index in [4.69, 9.17) is 4.74 Å². The molecule has 0 aromatic heterocycles. The van der Waals surface area contributed by atoms with Crippen LogP contribution < -0.4 is 5.32 Å². The van der Waals surface area contributed by atoms with Crippen molar-refractivity contribution in [1.82, 2.24) is 5.32 Å². The Bertz CT molecular complexity index is 412. The molecule has 0 aliphatic heterocycles. The monoisotopic (exact) mass is 282 g/mol. The van der Waals surface area contributed by atoms with Crippen LogP contribution in [0.4, 0.5) is 5.69 Å². The van der Waals surface area contributed by atoms with E-state index in [0.717, 1.165) is 18.4 Å². The molecule has 0 saturated heterocycles. The van der Waals surface area contributed by atoms with Crippen LogP contribution in [0.5, 0.6) is 0 Å². The molecule has 0 radical (unpaired) electrons. The van der Waals surface area contributed by atoms with Crippen molar-refractivity contribution in [2.24, 2.45) is 0 Å². The quantitative estimate of drug-likeness (QED) is 0.389. The lowest BCUT2D eigenvalue weighted by Gasteiger charge is -2.12. The van der Waals surface area contributed by atoms with Gasteiger partial charge in [0.1, 0.15) is 0 Å². The summed E-state index contributed by atoms with van der Waals surface area (Å²) in [5, 5.41) is 23.4. The number of hydrogen-bond acceptors (Lipinski definition) is 5. The van der Waals surface area contributed by atoms with Crippen LogP contribution in [-0.4, -0.2) is 35.9 Å². The predicted octanol–water partition coefficient (Wildman–Crippen LogP) is 1.86. The van der Waals surface area contributed by atoms with E-state index >= 15 is 0 Å². The number of aliphatic hydroxyl groups excluding tert-OH is 1. The summed E-state index contributed by atoms with van der Waals surface area (Å²) >= 11 is 0. The predicted molar refractivity (Wildman–Crippen MR) is 76.5 cm³/mol. The van der Waals surface area contributed by atoms with Crippen LogP contribution in [0.1, 0.15) is 25.3 Å². The summed E-state index contributed by atoms with van der Waals surface area (Å²) < 4.78 is 5.31. The van der Waals surface area contributed by atoms with E-state index in [2.05, 4.69) is 12.2 Å². The molecule has 1 rings (SSSR count). The number of ether oxygens (including phenoxy) is 1. The van der Waals surface area contributed by atoms with E-state index in [1.54, 1.807) is 6.07 Å². The molecule has 0 aliphatic carbocycles. The average molecular weight is 282 g/mol. The van der Waals surface area contributed by atoms with Crippen molar-refractivity contribution in [3.63, 3.8) is 0 Å². The second kappa shape index (κ2) is 9.41. The van der Waals surface area contributed by atoms with Gasteiger partial charge in [0.05, 0.1) is 17.6 Å². The van der Waals surface area contributed by atoms with E-state index < -0.39 is 11.0 Å². The molecule has 1 unspecified atom stereocenters. The molecule has 6 nitrogen and oxygen atoms in total. The number of hydrogen-bond donors (Lipinski definition) is 2. The van der Waals surface area contributed by atoms with E-state index in [9.17, 15) is 15.2 Å². The minimum Gasteiger partial charge on any atom is -0.389 e. The van der Waals surface area contributed by atoms with Crippen molar-refractivity contribution in [3.8, 4) is 0 Å². The van der Waals surface area contributed by atoms with Crippen LogP contribution in [-0.2, 0) is 11.3 Å². The third kappa shape index (κ3) is 6.60. The van der Waals surface area contributed by atoms with E-state index in [-0.39, 0.29) is 5.69 Å². The highest BCUT2D eigenvalue weighted by molar-refractivity contribution is 5.34. The van der Waals surface area contributed by atoms with Gasteiger partial charge in [-0.3, -0.25) is 10.1 Å². The first kappa shape index (κ1) is 16.6. The second-order valence-electron chi connectivity index (χ2n) is 4.64. The Morgan fingerprint density at radius 2 is 2.30 bits per heavy atom. The molecule has 0 heterocycles. The summed E-state index contributed by atoms with van der Waals surface area (Å²) in [5.41, 5.74) is 0.894. The van der Waals surface area contributed by atoms with Gasteiger partial charge in [0.2, 0.25) is 0 Å². The number of nitro groups is 1. The minimum absolute atomic E-state index is 0.0766. The number of benzene rings is 1.